The number of cyclic esters (lactones) is 1. The lowest BCUT2D eigenvalue weighted by Crippen LogP contribution is -2.58. The molecular weight excluding hydrogens is 684 g/mol. The van der Waals surface area contributed by atoms with Gasteiger partial charge in [0.05, 0.1) is 35.1 Å². The summed E-state index contributed by atoms with van der Waals surface area (Å²) >= 11 is 0. The molecule has 9 aliphatic rings. The first-order chi connectivity index (χ1) is 25.5. The number of hydrogen-bond acceptors (Lipinski definition) is 9. The Kier molecular flexibility index (Phi) is 11.1. The Morgan fingerprint density at radius 3 is 1.76 bits per heavy atom. The molecule has 1 aliphatic heterocycles. The number of carbonyl (C=O) groups is 4. The first-order valence-corrected chi connectivity index (χ1v) is 22.0. The largest absolute Gasteiger partial charge is 0.465 e. The lowest BCUT2D eigenvalue weighted by Gasteiger charge is -2.59. The zero-order chi connectivity index (χ0) is 38.7. The number of unbranched alkanes of at least 4 members (excludes halogenated alkanes) is 1. The Balaban J connectivity index is 0.940. The van der Waals surface area contributed by atoms with Crippen LogP contribution in [0.2, 0.25) is 0 Å². The van der Waals surface area contributed by atoms with E-state index in [0.29, 0.717) is 75.2 Å². The number of carbonyl (C=O) groups excluding carboxylic acids is 4. The van der Waals surface area contributed by atoms with Crippen LogP contribution in [0.3, 0.4) is 0 Å². The van der Waals surface area contributed by atoms with Crippen molar-refractivity contribution in [2.45, 2.75) is 181 Å². The van der Waals surface area contributed by atoms with Crippen LogP contribution in [0.4, 0.5) is 0 Å². The molecule has 8 aliphatic carbocycles. The minimum Gasteiger partial charge on any atom is -0.465 e. The molecule has 9 heteroatoms. The van der Waals surface area contributed by atoms with Gasteiger partial charge in [-0.3, -0.25) is 14.4 Å². The van der Waals surface area contributed by atoms with Crippen molar-refractivity contribution >= 4 is 23.9 Å². The molecule has 8 bridgehead atoms. The van der Waals surface area contributed by atoms with Crippen LogP contribution in [0.25, 0.3) is 0 Å². The third kappa shape index (κ3) is 7.63. The number of rotatable bonds is 17. The number of ether oxygens (including phenoxy) is 4. The van der Waals surface area contributed by atoms with Gasteiger partial charge in [-0.25, -0.2) is 4.79 Å². The summed E-state index contributed by atoms with van der Waals surface area (Å²) in [6.45, 7) is 12.2. The first-order valence-electron chi connectivity index (χ1n) is 22.0. The average Bonchev–Trinajstić information content (AvgIpc) is 3.53. The van der Waals surface area contributed by atoms with Crippen LogP contribution >= 0.6 is 0 Å². The van der Waals surface area contributed by atoms with E-state index in [1.165, 1.54) is 38.5 Å². The van der Waals surface area contributed by atoms with Gasteiger partial charge in [0.25, 0.3) is 0 Å². The molecule has 9 nitrogen and oxygen atoms in total. The molecule has 9 rings (SSSR count). The molecule has 1 heterocycles. The van der Waals surface area contributed by atoms with Gasteiger partial charge in [-0.05, 0) is 198 Å². The molecule has 0 spiro atoms. The van der Waals surface area contributed by atoms with Crippen molar-refractivity contribution in [1.29, 1.82) is 0 Å². The molecular formula is C45H70O9. The molecule has 3 unspecified atom stereocenters. The van der Waals surface area contributed by atoms with E-state index in [1.54, 1.807) is 0 Å². The van der Waals surface area contributed by atoms with E-state index in [9.17, 15) is 24.3 Å². The normalized spacial score (nSPS) is 39.8. The predicted molar refractivity (Wildman–Crippen MR) is 203 cm³/mol. The Morgan fingerprint density at radius 2 is 1.24 bits per heavy atom. The van der Waals surface area contributed by atoms with Gasteiger partial charge in [0.1, 0.15) is 5.60 Å². The maximum Gasteiger partial charge on any atom is 0.347 e. The highest BCUT2D eigenvalue weighted by atomic mass is 16.6. The van der Waals surface area contributed by atoms with Gasteiger partial charge >= 0.3 is 23.9 Å². The van der Waals surface area contributed by atoms with Gasteiger partial charge in [-0.2, -0.15) is 0 Å². The molecule has 1 saturated heterocycles. The highest BCUT2D eigenvalue weighted by Gasteiger charge is 2.59. The van der Waals surface area contributed by atoms with Crippen LogP contribution in [0.5, 0.6) is 0 Å². The number of aliphatic hydroxyl groups is 1. The zero-order valence-electron chi connectivity index (χ0n) is 34.3. The highest BCUT2D eigenvalue weighted by Crippen LogP contribution is 2.61. The molecule has 0 aromatic heterocycles. The van der Waals surface area contributed by atoms with Crippen molar-refractivity contribution in [2.75, 3.05) is 13.2 Å². The third-order valence-corrected chi connectivity index (χ3v) is 16.8. The smallest absolute Gasteiger partial charge is 0.347 e. The quantitative estimate of drug-likeness (QED) is 0.0884. The fourth-order valence-corrected chi connectivity index (χ4v) is 12.7. The molecule has 0 amide bonds. The van der Waals surface area contributed by atoms with Crippen molar-refractivity contribution in [3.05, 3.63) is 0 Å². The molecule has 8 saturated carbocycles. The second kappa shape index (κ2) is 15.0. The first kappa shape index (κ1) is 40.1. The second-order valence-electron chi connectivity index (χ2n) is 21.0. The monoisotopic (exact) mass is 755 g/mol. The molecule has 0 aromatic carbocycles. The van der Waals surface area contributed by atoms with E-state index < -0.39 is 45.5 Å². The van der Waals surface area contributed by atoms with E-state index in [0.717, 1.165) is 62.2 Å². The number of hydrogen-bond donors (Lipinski definition) is 1. The maximum atomic E-state index is 14.2. The molecule has 1 N–H and O–H groups in total. The van der Waals surface area contributed by atoms with E-state index in [4.69, 9.17) is 18.9 Å². The Hall–Kier alpha value is -2.16. The van der Waals surface area contributed by atoms with Gasteiger partial charge in [0.15, 0.2) is 0 Å². The zero-order valence-corrected chi connectivity index (χ0v) is 34.3. The minimum absolute atomic E-state index is 0.186. The fraction of sp³-hybridized carbons (Fsp3) is 0.911. The summed E-state index contributed by atoms with van der Waals surface area (Å²) in [5.74, 6) is 3.34. The van der Waals surface area contributed by atoms with Gasteiger partial charge in [0.2, 0.25) is 6.10 Å². The van der Waals surface area contributed by atoms with Crippen molar-refractivity contribution < 1.29 is 43.2 Å². The number of esters is 4. The summed E-state index contributed by atoms with van der Waals surface area (Å²) in [5.41, 5.74) is -3.72. The lowest BCUT2D eigenvalue weighted by atomic mass is 9.49. The lowest BCUT2D eigenvalue weighted by molar-refractivity contribution is -0.212. The second-order valence-corrected chi connectivity index (χ2v) is 21.0. The standard InChI is InChI=1S/C45H70O9/c1-7-42(4,40(49)54-44(6)32-20-28-18-29(22-32)23-33(44)21-28)14-15-43(5,39(48)53-36-10-17-51-37(36)46)13-12-41(2,3)38(47)52-16-9-8-11-45(50)34-24-30-19-31(26-34)27-35(45)25-30/h28-36,50H,7-27H2,1-6H3. The predicted octanol–water partition coefficient (Wildman–Crippen LogP) is 8.51. The highest BCUT2D eigenvalue weighted by molar-refractivity contribution is 5.83. The van der Waals surface area contributed by atoms with Crippen molar-refractivity contribution in [2.24, 2.45) is 63.6 Å². The average molecular weight is 755 g/mol. The minimum atomic E-state index is -1.06. The van der Waals surface area contributed by atoms with Gasteiger partial charge < -0.3 is 24.1 Å². The van der Waals surface area contributed by atoms with Gasteiger partial charge in [-0.1, -0.05) is 6.92 Å². The van der Waals surface area contributed by atoms with Crippen LogP contribution < -0.4 is 0 Å². The molecule has 54 heavy (non-hydrogen) atoms. The van der Waals surface area contributed by atoms with Crippen molar-refractivity contribution in [3.63, 3.8) is 0 Å². The van der Waals surface area contributed by atoms with E-state index in [2.05, 4.69) is 6.92 Å². The van der Waals surface area contributed by atoms with Crippen LogP contribution in [-0.4, -0.2) is 59.5 Å². The van der Waals surface area contributed by atoms with E-state index in [-0.39, 0.29) is 18.5 Å². The van der Waals surface area contributed by atoms with E-state index in [1.807, 2.05) is 34.6 Å². The Labute approximate surface area is 324 Å². The summed E-state index contributed by atoms with van der Waals surface area (Å²) in [6, 6.07) is 0. The molecule has 0 aromatic rings. The molecule has 304 valence electrons. The summed E-state index contributed by atoms with van der Waals surface area (Å²) in [6.07, 6.45) is 15.7. The molecule has 0 radical (unpaired) electrons. The summed E-state index contributed by atoms with van der Waals surface area (Å²) < 4.78 is 23.3. The van der Waals surface area contributed by atoms with Crippen LogP contribution in [0.1, 0.15) is 164 Å². The fourth-order valence-electron chi connectivity index (χ4n) is 12.7. The molecule has 9 fully saturated rings. The van der Waals surface area contributed by atoms with E-state index >= 15 is 0 Å². The van der Waals surface area contributed by atoms with Crippen LogP contribution in [0, 0.1) is 63.6 Å². The van der Waals surface area contributed by atoms with Gasteiger partial charge in [0, 0.05) is 6.42 Å². The molecule has 3 atom stereocenters. The summed E-state index contributed by atoms with van der Waals surface area (Å²) in [5, 5.41) is 11.7. The summed E-state index contributed by atoms with van der Waals surface area (Å²) in [4.78, 5) is 53.9. The van der Waals surface area contributed by atoms with Crippen LogP contribution in [-0.2, 0) is 38.1 Å². The van der Waals surface area contributed by atoms with Crippen molar-refractivity contribution in [1.82, 2.24) is 0 Å². The maximum absolute atomic E-state index is 14.2. The topological polar surface area (TPSA) is 125 Å². The van der Waals surface area contributed by atoms with Crippen LogP contribution in [0.15, 0.2) is 0 Å². The Morgan fingerprint density at radius 1 is 0.722 bits per heavy atom. The third-order valence-electron chi connectivity index (χ3n) is 16.8. The summed E-state index contributed by atoms with van der Waals surface area (Å²) in [7, 11) is 0. The Bertz CT molecular complexity index is 1380. The van der Waals surface area contributed by atoms with Gasteiger partial charge in [-0.15, -0.1) is 0 Å². The van der Waals surface area contributed by atoms with Crippen molar-refractivity contribution in [3.8, 4) is 0 Å². The SMILES string of the molecule is CCC(C)(CCC(C)(CCC(C)(C)C(=O)OCCCCC1(O)C2CC3CC(C2)CC1C3)C(=O)OC1CCOC1=O)C(=O)OC1(C)C2CC3CC(C2)CC1C3.